The van der Waals surface area contributed by atoms with Gasteiger partial charge in [0.25, 0.3) is 0 Å². The van der Waals surface area contributed by atoms with Gasteiger partial charge in [-0.2, -0.15) is 5.10 Å². The van der Waals surface area contributed by atoms with Crippen LogP contribution in [0.1, 0.15) is 41.8 Å². The average Bonchev–Trinajstić information content (AvgIpc) is 2.86. The second-order valence-corrected chi connectivity index (χ2v) is 6.49. The van der Waals surface area contributed by atoms with Gasteiger partial charge >= 0.3 is 0 Å². The average molecular weight is 330 g/mol. The molecule has 7 heteroatoms. The number of H-pyrrole nitrogens is 1. The van der Waals surface area contributed by atoms with Crippen molar-refractivity contribution >= 4 is 11.9 Å². The lowest BCUT2D eigenvalue weighted by Gasteiger charge is -2.20. The lowest BCUT2D eigenvalue weighted by atomic mass is 9.95. The number of aromatic amines is 1. The zero-order valence-corrected chi connectivity index (χ0v) is 15.3. The van der Waals surface area contributed by atoms with Crippen LogP contribution in [0.2, 0.25) is 0 Å². The van der Waals surface area contributed by atoms with Gasteiger partial charge in [-0.3, -0.25) is 9.89 Å². The number of amides is 1. The molecule has 0 aliphatic carbocycles. The van der Waals surface area contributed by atoms with Crippen molar-refractivity contribution in [1.82, 2.24) is 25.1 Å². The molecule has 130 valence electrons. The molecule has 0 saturated heterocycles. The zero-order valence-electron chi connectivity index (χ0n) is 15.3. The number of rotatable bonds is 6. The maximum Gasteiger partial charge on any atom is 0.224 e. The summed E-state index contributed by atoms with van der Waals surface area (Å²) in [6.07, 6.45) is 3.98. The van der Waals surface area contributed by atoms with Crippen LogP contribution in [-0.2, 0) is 11.3 Å². The molecular formula is C17H26N6O. The van der Waals surface area contributed by atoms with E-state index >= 15 is 0 Å². The second-order valence-electron chi connectivity index (χ2n) is 6.49. The van der Waals surface area contributed by atoms with E-state index in [2.05, 4.69) is 27.1 Å². The summed E-state index contributed by atoms with van der Waals surface area (Å²) in [5.41, 5.74) is 4.04. The first-order valence-electron chi connectivity index (χ1n) is 8.03. The summed E-state index contributed by atoms with van der Waals surface area (Å²) >= 11 is 0. The summed E-state index contributed by atoms with van der Waals surface area (Å²) in [7, 11) is 5.60. The molecule has 1 atom stereocenters. The fraction of sp³-hybridized carbons (Fsp3) is 0.529. The second kappa shape index (κ2) is 7.42. The van der Waals surface area contributed by atoms with Crippen molar-refractivity contribution in [2.75, 3.05) is 26.0 Å². The Kier molecular flexibility index (Phi) is 5.54. The molecule has 1 N–H and O–H groups in total. The molecule has 2 aromatic rings. The van der Waals surface area contributed by atoms with Crippen molar-refractivity contribution in [3.63, 3.8) is 0 Å². The van der Waals surface area contributed by atoms with Crippen LogP contribution in [0.3, 0.4) is 0 Å². The van der Waals surface area contributed by atoms with Crippen LogP contribution in [-0.4, -0.2) is 52.1 Å². The van der Waals surface area contributed by atoms with Gasteiger partial charge in [0.15, 0.2) is 0 Å². The predicted molar refractivity (Wildman–Crippen MR) is 93.9 cm³/mol. The normalized spacial score (nSPS) is 12.1. The third-order valence-electron chi connectivity index (χ3n) is 4.10. The Morgan fingerprint density at radius 3 is 2.33 bits per heavy atom. The topological polar surface area (TPSA) is 78.0 Å². The first-order chi connectivity index (χ1) is 11.3. The smallest absolute Gasteiger partial charge is 0.224 e. The Labute approximate surface area is 143 Å². The lowest BCUT2D eigenvalue weighted by molar-refractivity contribution is -0.130. The Hall–Kier alpha value is -2.44. The number of hydrogen-bond donors (Lipinski definition) is 1. The van der Waals surface area contributed by atoms with Crippen LogP contribution >= 0.6 is 0 Å². The molecule has 1 unspecified atom stereocenters. The Bertz CT molecular complexity index is 672. The van der Waals surface area contributed by atoms with Crippen LogP contribution < -0.4 is 4.90 Å². The van der Waals surface area contributed by atoms with Gasteiger partial charge in [0, 0.05) is 57.8 Å². The number of carbonyl (C=O) groups excluding carboxylic acids is 1. The highest BCUT2D eigenvalue weighted by Gasteiger charge is 2.20. The zero-order chi connectivity index (χ0) is 17.9. The maximum atomic E-state index is 12.5. The van der Waals surface area contributed by atoms with Crippen LogP contribution in [0.25, 0.3) is 0 Å². The van der Waals surface area contributed by atoms with E-state index in [4.69, 9.17) is 0 Å². The summed E-state index contributed by atoms with van der Waals surface area (Å²) in [4.78, 5) is 24.6. The third kappa shape index (κ3) is 4.10. The molecule has 0 aliphatic rings. The van der Waals surface area contributed by atoms with E-state index in [-0.39, 0.29) is 11.8 Å². The molecule has 2 aromatic heterocycles. The summed E-state index contributed by atoms with van der Waals surface area (Å²) in [5, 5.41) is 7.19. The molecule has 0 bridgehead atoms. The van der Waals surface area contributed by atoms with Gasteiger partial charge < -0.3 is 9.80 Å². The molecule has 24 heavy (non-hydrogen) atoms. The fourth-order valence-electron chi connectivity index (χ4n) is 2.83. The van der Waals surface area contributed by atoms with Crippen molar-refractivity contribution in [2.45, 2.75) is 39.7 Å². The summed E-state index contributed by atoms with van der Waals surface area (Å²) in [6.45, 7) is 6.52. The van der Waals surface area contributed by atoms with Gasteiger partial charge in [-0.1, -0.05) is 6.92 Å². The quantitative estimate of drug-likeness (QED) is 0.877. The number of hydrogen-bond acceptors (Lipinski definition) is 5. The van der Waals surface area contributed by atoms with Crippen LogP contribution in [0.5, 0.6) is 0 Å². The number of carbonyl (C=O) groups is 1. The molecule has 0 aromatic carbocycles. The molecule has 7 nitrogen and oxygen atoms in total. The van der Waals surface area contributed by atoms with Gasteiger partial charge in [0.2, 0.25) is 11.9 Å². The van der Waals surface area contributed by atoms with Gasteiger partial charge in [0.05, 0.1) is 5.69 Å². The SMILES string of the molecule is Cc1n[nH]c(C)c1C(C)CC(=O)N(C)Cc1cnc(N(C)C)nc1. The van der Waals surface area contributed by atoms with E-state index in [1.54, 1.807) is 17.3 Å². The fourth-order valence-corrected chi connectivity index (χ4v) is 2.83. The third-order valence-corrected chi connectivity index (χ3v) is 4.10. The lowest BCUT2D eigenvalue weighted by Crippen LogP contribution is -2.27. The van der Waals surface area contributed by atoms with Crippen LogP contribution in [0.4, 0.5) is 5.95 Å². The van der Waals surface area contributed by atoms with Gasteiger partial charge in [-0.05, 0) is 25.3 Å². The summed E-state index contributed by atoms with van der Waals surface area (Å²) < 4.78 is 0. The van der Waals surface area contributed by atoms with Crippen LogP contribution in [0, 0.1) is 13.8 Å². The Morgan fingerprint density at radius 1 is 1.21 bits per heavy atom. The Balaban J connectivity index is 1.97. The number of aromatic nitrogens is 4. The maximum absolute atomic E-state index is 12.5. The number of nitrogens with one attached hydrogen (secondary N) is 1. The van der Waals surface area contributed by atoms with Gasteiger partial charge in [0.1, 0.15) is 0 Å². The van der Waals surface area contributed by atoms with Crippen molar-refractivity contribution in [3.05, 3.63) is 34.9 Å². The molecule has 0 aliphatic heterocycles. The van der Waals surface area contributed by atoms with Crippen molar-refractivity contribution in [2.24, 2.45) is 0 Å². The molecule has 2 rings (SSSR count). The predicted octanol–water partition coefficient (Wildman–Crippen LogP) is 2.03. The first kappa shape index (κ1) is 17.9. The summed E-state index contributed by atoms with van der Waals surface area (Å²) in [6, 6.07) is 0. The molecule has 0 saturated carbocycles. The van der Waals surface area contributed by atoms with Crippen molar-refractivity contribution in [3.8, 4) is 0 Å². The molecule has 0 radical (unpaired) electrons. The highest BCUT2D eigenvalue weighted by Crippen LogP contribution is 2.25. The molecule has 0 fully saturated rings. The molecular weight excluding hydrogens is 304 g/mol. The number of aryl methyl sites for hydroxylation is 2. The van der Waals surface area contributed by atoms with Gasteiger partial charge in [-0.25, -0.2) is 9.97 Å². The Morgan fingerprint density at radius 2 is 1.83 bits per heavy atom. The van der Waals surface area contributed by atoms with E-state index in [1.807, 2.05) is 39.9 Å². The minimum absolute atomic E-state index is 0.0965. The minimum atomic E-state index is 0.0965. The van der Waals surface area contributed by atoms with Crippen molar-refractivity contribution < 1.29 is 4.79 Å². The van der Waals surface area contributed by atoms with E-state index in [9.17, 15) is 4.79 Å². The monoisotopic (exact) mass is 330 g/mol. The van der Waals surface area contributed by atoms with E-state index in [1.165, 1.54) is 0 Å². The molecule has 0 spiro atoms. The van der Waals surface area contributed by atoms with E-state index < -0.39 is 0 Å². The van der Waals surface area contributed by atoms with Crippen molar-refractivity contribution in [1.29, 1.82) is 0 Å². The summed E-state index contributed by atoms with van der Waals surface area (Å²) in [5.74, 6) is 0.887. The van der Waals surface area contributed by atoms with E-state index in [0.29, 0.717) is 18.9 Å². The minimum Gasteiger partial charge on any atom is -0.347 e. The van der Waals surface area contributed by atoms with E-state index in [0.717, 1.165) is 22.5 Å². The first-order valence-corrected chi connectivity index (χ1v) is 8.03. The number of anilines is 1. The number of nitrogens with zero attached hydrogens (tertiary/aromatic N) is 5. The standard InChI is InChI=1S/C17H26N6O/c1-11(16-12(2)20-21-13(16)3)7-15(24)23(6)10-14-8-18-17(19-9-14)22(4)5/h8-9,11H,7,10H2,1-6H3,(H,20,21). The largest absolute Gasteiger partial charge is 0.347 e. The van der Waals surface area contributed by atoms with Crippen LogP contribution in [0.15, 0.2) is 12.4 Å². The highest BCUT2D eigenvalue weighted by molar-refractivity contribution is 5.76. The highest BCUT2D eigenvalue weighted by atomic mass is 16.2. The molecule has 2 heterocycles. The molecule has 1 amide bonds. The van der Waals surface area contributed by atoms with Gasteiger partial charge in [-0.15, -0.1) is 0 Å².